The molecule has 0 spiro atoms. The van der Waals surface area contributed by atoms with Crippen molar-refractivity contribution in [3.05, 3.63) is 23.4 Å². The molecule has 3 aliphatic carbocycles. The second kappa shape index (κ2) is 6.83. The summed E-state index contributed by atoms with van der Waals surface area (Å²) >= 11 is 0. The first-order valence-corrected chi connectivity index (χ1v) is 13.3. The van der Waals surface area contributed by atoms with Crippen LogP contribution < -0.4 is 5.32 Å². The molecule has 4 aliphatic rings. The predicted octanol–water partition coefficient (Wildman–Crippen LogP) is 3.51. The van der Waals surface area contributed by atoms with E-state index in [-0.39, 0.29) is 23.0 Å². The first kappa shape index (κ1) is 21.0. The number of hydrogen-bond donors (Lipinski definition) is 1. The van der Waals surface area contributed by atoms with Crippen molar-refractivity contribution in [1.82, 2.24) is 9.19 Å². The van der Waals surface area contributed by atoms with E-state index in [0.29, 0.717) is 23.6 Å². The Morgan fingerprint density at radius 2 is 2.00 bits per heavy atom. The van der Waals surface area contributed by atoms with Gasteiger partial charge in [-0.25, -0.2) is 8.42 Å². The van der Waals surface area contributed by atoms with Crippen LogP contribution in [0.4, 0.5) is 5.82 Å². The highest BCUT2D eigenvalue weighted by atomic mass is 32.2. The van der Waals surface area contributed by atoms with Gasteiger partial charge >= 0.3 is 5.97 Å². The van der Waals surface area contributed by atoms with Gasteiger partial charge in [-0.3, -0.25) is 4.79 Å². The summed E-state index contributed by atoms with van der Waals surface area (Å²) in [6, 6.07) is 0. The topological polar surface area (TPSA) is 90.3 Å². The normalized spacial score (nSPS) is 39.2. The largest absolute Gasteiger partial charge is 0.462 e. The molecule has 170 valence electrons. The molecular weight excluding hydrogens is 414 g/mol. The Morgan fingerprint density at radius 3 is 2.71 bits per heavy atom. The van der Waals surface area contributed by atoms with Gasteiger partial charge in [-0.15, -0.1) is 4.09 Å². The fourth-order valence-corrected chi connectivity index (χ4v) is 7.93. The molecule has 0 unspecified atom stereocenters. The van der Waals surface area contributed by atoms with Crippen LogP contribution in [0, 0.1) is 23.2 Å². The first-order valence-electron chi connectivity index (χ1n) is 11.4. The number of aromatic nitrogens is 2. The van der Waals surface area contributed by atoms with Gasteiger partial charge in [0.25, 0.3) is 10.0 Å². The van der Waals surface area contributed by atoms with E-state index in [1.807, 2.05) is 0 Å². The molecule has 2 saturated carbocycles. The van der Waals surface area contributed by atoms with Crippen LogP contribution in [0.1, 0.15) is 64.9 Å². The van der Waals surface area contributed by atoms with Gasteiger partial charge in [-0.1, -0.05) is 18.6 Å². The molecule has 1 aromatic heterocycles. The maximum atomic E-state index is 12.2. The van der Waals surface area contributed by atoms with E-state index >= 15 is 0 Å². The monoisotopic (exact) mass is 447 g/mol. The van der Waals surface area contributed by atoms with Gasteiger partial charge in [0.1, 0.15) is 11.9 Å². The highest BCUT2D eigenvalue weighted by Gasteiger charge is 2.56. The SMILES string of the molecule is CC(=O)O[C@H]1CC[C@@]2(C)C(=CC[C@@H]3[C@@H]2CC[C@]2(C)Nc4c(cnn4S(C)(=O)=O)C[C@@H]32)C1. The van der Waals surface area contributed by atoms with Gasteiger partial charge in [-0.05, 0) is 68.6 Å². The maximum Gasteiger partial charge on any atom is 0.302 e. The van der Waals surface area contributed by atoms with Gasteiger partial charge in [-0.2, -0.15) is 5.10 Å². The smallest absolute Gasteiger partial charge is 0.302 e. The molecule has 1 aromatic rings. The van der Waals surface area contributed by atoms with E-state index in [1.165, 1.54) is 18.8 Å². The van der Waals surface area contributed by atoms with Crippen molar-refractivity contribution in [3.63, 3.8) is 0 Å². The molecule has 0 radical (unpaired) electrons. The molecule has 31 heavy (non-hydrogen) atoms. The van der Waals surface area contributed by atoms with Crippen molar-refractivity contribution in [2.75, 3.05) is 11.6 Å². The van der Waals surface area contributed by atoms with Crippen molar-refractivity contribution in [3.8, 4) is 0 Å². The summed E-state index contributed by atoms with van der Waals surface area (Å²) in [5, 5.41) is 7.81. The number of esters is 1. The summed E-state index contributed by atoms with van der Waals surface area (Å²) in [6.07, 6.45) is 12.3. The Bertz CT molecular complexity index is 1060. The highest BCUT2D eigenvalue weighted by Crippen LogP contribution is 2.61. The third-order valence-corrected chi connectivity index (χ3v) is 9.66. The summed E-state index contributed by atoms with van der Waals surface area (Å²) < 4.78 is 31.0. The molecule has 0 bridgehead atoms. The van der Waals surface area contributed by atoms with Crippen LogP contribution in [0.5, 0.6) is 0 Å². The quantitative estimate of drug-likeness (QED) is 0.551. The summed E-state index contributed by atoms with van der Waals surface area (Å²) in [7, 11) is -3.43. The van der Waals surface area contributed by atoms with Crippen LogP contribution in [-0.4, -0.2) is 41.5 Å². The molecule has 1 aliphatic heterocycles. The summed E-state index contributed by atoms with van der Waals surface area (Å²) in [5.41, 5.74) is 2.52. The standard InChI is InChI=1S/C23H33N3O4S/c1-14(27)30-17-7-9-22(2)16(12-17)5-6-18-19(22)8-10-23(3)20(18)11-15-13-24-26(21(15)25-23)31(4,28)29/h5,13,17-20,25H,6-12H2,1-4H3/t17-,18+,19-,20-,22-,23-/m0/s1. The molecular formula is C23H33N3O4S. The summed E-state index contributed by atoms with van der Waals surface area (Å²) in [5.74, 6) is 2.07. The fourth-order valence-electron chi connectivity index (χ4n) is 7.21. The fraction of sp³-hybridized carbons (Fsp3) is 0.739. The average Bonchev–Trinajstić information content (AvgIpc) is 3.08. The number of nitrogens with one attached hydrogen (secondary N) is 1. The molecule has 0 amide bonds. The number of anilines is 1. The van der Waals surface area contributed by atoms with Crippen LogP contribution in [0.3, 0.4) is 0 Å². The third-order valence-electron chi connectivity index (χ3n) is 8.75. The molecule has 5 rings (SSSR count). The van der Waals surface area contributed by atoms with Gasteiger partial charge in [0.2, 0.25) is 0 Å². The van der Waals surface area contributed by atoms with Gasteiger partial charge in [0, 0.05) is 24.4 Å². The lowest BCUT2D eigenvalue weighted by Gasteiger charge is -2.59. The van der Waals surface area contributed by atoms with Crippen LogP contribution >= 0.6 is 0 Å². The second-order valence-corrected chi connectivity index (χ2v) is 12.5. The number of nitrogens with zero attached hydrogens (tertiary/aromatic N) is 2. The Balaban J connectivity index is 1.45. The number of carbonyl (C=O) groups excluding carboxylic acids is 1. The third kappa shape index (κ3) is 3.24. The molecule has 0 saturated heterocycles. The Morgan fingerprint density at radius 1 is 1.23 bits per heavy atom. The molecule has 2 heterocycles. The zero-order chi connectivity index (χ0) is 22.2. The van der Waals surface area contributed by atoms with E-state index < -0.39 is 10.0 Å². The van der Waals surface area contributed by atoms with Crippen molar-refractivity contribution in [1.29, 1.82) is 0 Å². The predicted molar refractivity (Wildman–Crippen MR) is 118 cm³/mol. The average molecular weight is 448 g/mol. The molecule has 8 heteroatoms. The van der Waals surface area contributed by atoms with E-state index in [0.717, 1.165) is 54.6 Å². The summed E-state index contributed by atoms with van der Waals surface area (Å²) in [6.45, 7) is 6.18. The van der Waals surface area contributed by atoms with Crippen molar-refractivity contribution in [2.45, 2.75) is 77.4 Å². The molecule has 7 nitrogen and oxygen atoms in total. The number of allylic oxidation sites excluding steroid dienone is 1. The number of carbonyl (C=O) groups is 1. The lowest BCUT2D eigenvalue weighted by molar-refractivity contribution is -0.148. The lowest BCUT2D eigenvalue weighted by atomic mass is 9.48. The number of ether oxygens (including phenoxy) is 1. The minimum Gasteiger partial charge on any atom is -0.462 e. The number of hydrogen-bond acceptors (Lipinski definition) is 6. The number of fused-ring (bicyclic) bond motifs is 6. The van der Waals surface area contributed by atoms with Crippen LogP contribution in [0.25, 0.3) is 0 Å². The van der Waals surface area contributed by atoms with E-state index in [9.17, 15) is 13.2 Å². The summed E-state index contributed by atoms with van der Waals surface area (Å²) in [4.78, 5) is 11.4. The van der Waals surface area contributed by atoms with Crippen molar-refractivity contribution < 1.29 is 17.9 Å². The van der Waals surface area contributed by atoms with Crippen LogP contribution in [0.2, 0.25) is 0 Å². The minimum atomic E-state index is -3.43. The second-order valence-electron chi connectivity index (χ2n) is 10.6. The minimum absolute atomic E-state index is 0.0166. The zero-order valence-corrected chi connectivity index (χ0v) is 19.7. The van der Waals surface area contributed by atoms with Crippen LogP contribution in [0.15, 0.2) is 17.8 Å². The lowest BCUT2D eigenvalue weighted by Crippen LogP contribution is -2.58. The van der Waals surface area contributed by atoms with Gasteiger partial charge in [0.05, 0.1) is 12.5 Å². The Kier molecular flexibility index (Phi) is 4.64. The molecule has 0 aromatic carbocycles. The van der Waals surface area contributed by atoms with E-state index in [1.54, 1.807) is 6.20 Å². The molecule has 1 N–H and O–H groups in total. The van der Waals surface area contributed by atoms with E-state index in [2.05, 4.69) is 30.3 Å². The molecule has 2 fully saturated rings. The Hall–Kier alpha value is -1.83. The Labute approximate surface area is 184 Å². The number of rotatable bonds is 2. The van der Waals surface area contributed by atoms with Gasteiger partial charge in [0.15, 0.2) is 0 Å². The van der Waals surface area contributed by atoms with Crippen molar-refractivity contribution in [2.24, 2.45) is 23.2 Å². The van der Waals surface area contributed by atoms with E-state index in [4.69, 9.17) is 4.74 Å². The van der Waals surface area contributed by atoms with Gasteiger partial charge < -0.3 is 10.1 Å². The van der Waals surface area contributed by atoms with Crippen LogP contribution in [-0.2, 0) is 26.0 Å². The highest BCUT2D eigenvalue weighted by molar-refractivity contribution is 7.89. The maximum absolute atomic E-state index is 12.2. The first-order chi connectivity index (χ1) is 14.5. The molecule has 6 atom stereocenters. The zero-order valence-electron chi connectivity index (χ0n) is 18.8. The van der Waals surface area contributed by atoms with Crippen molar-refractivity contribution >= 4 is 21.8 Å².